The SMILES string of the molecule is CC(C)(C)CCC(=O)NCNC(=O)CCN1CCN(C(C)(C)C)CC1. The van der Waals surface area contributed by atoms with E-state index in [1.165, 1.54) is 0 Å². The molecule has 1 aliphatic rings. The van der Waals surface area contributed by atoms with Crippen molar-refractivity contribution < 1.29 is 9.59 Å². The van der Waals surface area contributed by atoms with Gasteiger partial charge in [-0.1, -0.05) is 20.8 Å². The van der Waals surface area contributed by atoms with Gasteiger partial charge in [-0.15, -0.1) is 0 Å². The first-order valence-electron chi connectivity index (χ1n) is 9.48. The van der Waals surface area contributed by atoms with Crippen molar-refractivity contribution in [2.24, 2.45) is 5.41 Å². The number of piperazine rings is 1. The maximum absolute atomic E-state index is 11.9. The van der Waals surface area contributed by atoms with Gasteiger partial charge in [0, 0.05) is 51.1 Å². The first-order chi connectivity index (χ1) is 11.5. The first kappa shape index (κ1) is 21.9. The average molecular weight is 355 g/mol. The van der Waals surface area contributed by atoms with Crippen LogP contribution in [-0.4, -0.2) is 66.5 Å². The highest BCUT2D eigenvalue weighted by Gasteiger charge is 2.25. The van der Waals surface area contributed by atoms with E-state index < -0.39 is 0 Å². The van der Waals surface area contributed by atoms with E-state index in [0.717, 1.165) is 39.1 Å². The highest BCUT2D eigenvalue weighted by molar-refractivity contribution is 5.78. The van der Waals surface area contributed by atoms with Crippen molar-refractivity contribution in [2.45, 2.75) is 66.3 Å². The molecule has 0 radical (unpaired) electrons. The van der Waals surface area contributed by atoms with Crippen molar-refractivity contribution >= 4 is 11.8 Å². The molecule has 0 unspecified atom stereocenters. The summed E-state index contributed by atoms with van der Waals surface area (Å²) in [5.74, 6) is -0.0112. The van der Waals surface area contributed by atoms with E-state index in [2.05, 4.69) is 62.0 Å². The summed E-state index contributed by atoms with van der Waals surface area (Å²) in [5.41, 5.74) is 0.367. The third-order valence-electron chi connectivity index (χ3n) is 4.65. The van der Waals surface area contributed by atoms with Gasteiger partial charge >= 0.3 is 0 Å². The fraction of sp³-hybridized carbons (Fsp3) is 0.895. The fourth-order valence-corrected chi connectivity index (χ4v) is 2.81. The maximum Gasteiger partial charge on any atom is 0.222 e. The number of carbonyl (C=O) groups excluding carboxylic acids is 2. The largest absolute Gasteiger partial charge is 0.339 e. The number of rotatable bonds is 7. The minimum atomic E-state index is -0.00599. The van der Waals surface area contributed by atoms with E-state index >= 15 is 0 Å². The van der Waals surface area contributed by atoms with Crippen molar-refractivity contribution in [3.8, 4) is 0 Å². The number of nitrogens with one attached hydrogen (secondary N) is 2. The van der Waals surface area contributed by atoms with Crippen molar-refractivity contribution in [3.63, 3.8) is 0 Å². The second-order valence-electron chi connectivity index (χ2n) is 9.19. The minimum Gasteiger partial charge on any atom is -0.339 e. The Morgan fingerprint density at radius 1 is 0.840 bits per heavy atom. The minimum absolute atomic E-state index is 0.00521. The van der Waals surface area contributed by atoms with Crippen LogP contribution in [-0.2, 0) is 9.59 Å². The van der Waals surface area contributed by atoms with E-state index in [1.807, 2.05) is 0 Å². The molecule has 0 saturated carbocycles. The van der Waals surface area contributed by atoms with E-state index in [9.17, 15) is 9.59 Å². The molecule has 0 atom stereocenters. The molecule has 6 nitrogen and oxygen atoms in total. The summed E-state index contributed by atoms with van der Waals surface area (Å²) in [4.78, 5) is 28.4. The molecule has 0 aliphatic carbocycles. The Labute approximate surface area is 153 Å². The quantitative estimate of drug-likeness (QED) is 0.685. The molecule has 146 valence electrons. The highest BCUT2D eigenvalue weighted by atomic mass is 16.2. The smallest absolute Gasteiger partial charge is 0.222 e. The standard InChI is InChI=1S/C19H38N4O2/c1-18(2,3)9-7-16(24)20-15-21-17(25)8-10-22-11-13-23(14-12-22)19(4,5)6/h7-15H2,1-6H3,(H,20,24)(H,21,25). The van der Waals surface area contributed by atoms with E-state index in [1.54, 1.807) is 0 Å². The highest BCUT2D eigenvalue weighted by Crippen LogP contribution is 2.20. The van der Waals surface area contributed by atoms with E-state index in [0.29, 0.717) is 12.8 Å². The van der Waals surface area contributed by atoms with Gasteiger partial charge in [0.1, 0.15) is 0 Å². The van der Waals surface area contributed by atoms with Gasteiger partial charge < -0.3 is 15.5 Å². The van der Waals surface area contributed by atoms with Crippen LogP contribution in [0.3, 0.4) is 0 Å². The second kappa shape index (κ2) is 9.53. The Hall–Kier alpha value is -1.14. The predicted octanol–water partition coefficient (Wildman–Crippen LogP) is 1.81. The molecule has 0 aromatic carbocycles. The van der Waals surface area contributed by atoms with Crippen LogP contribution in [0.2, 0.25) is 0 Å². The first-order valence-corrected chi connectivity index (χ1v) is 9.48. The average Bonchev–Trinajstić information content (AvgIpc) is 2.50. The number of hydrogen-bond donors (Lipinski definition) is 2. The van der Waals surface area contributed by atoms with Gasteiger partial charge in [0.15, 0.2) is 0 Å². The van der Waals surface area contributed by atoms with Crippen molar-refractivity contribution in [3.05, 3.63) is 0 Å². The normalized spacial score (nSPS) is 17.4. The van der Waals surface area contributed by atoms with Gasteiger partial charge in [-0.3, -0.25) is 14.5 Å². The molecule has 0 aromatic heterocycles. The molecule has 1 rings (SSSR count). The Morgan fingerprint density at radius 3 is 1.84 bits per heavy atom. The Balaban J connectivity index is 2.11. The molecular formula is C19H38N4O2. The van der Waals surface area contributed by atoms with Gasteiger partial charge in [-0.2, -0.15) is 0 Å². The van der Waals surface area contributed by atoms with Gasteiger partial charge in [-0.05, 0) is 32.6 Å². The molecule has 25 heavy (non-hydrogen) atoms. The lowest BCUT2D eigenvalue weighted by atomic mass is 9.90. The summed E-state index contributed by atoms with van der Waals surface area (Å²) in [7, 11) is 0. The number of hydrogen-bond acceptors (Lipinski definition) is 4. The molecular weight excluding hydrogens is 316 g/mol. The van der Waals surface area contributed by atoms with Crippen LogP contribution in [0.25, 0.3) is 0 Å². The molecule has 2 N–H and O–H groups in total. The Kier molecular flexibility index (Phi) is 8.35. The molecule has 1 saturated heterocycles. The van der Waals surface area contributed by atoms with Crippen LogP contribution >= 0.6 is 0 Å². The monoisotopic (exact) mass is 354 g/mol. The van der Waals surface area contributed by atoms with Crippen LogP contribution < -0.4 is 10.6 Å². The lowest BCUT2D eigenvalue weighted by molar-refractivity contribution is -0.123. The van der Waals surface area contributed by atoms with Crippen LogP contribution in [0.15, 0.2) is 0 Å². The van der Waals surface area contributed by atoms with E-state index in [4.69, 9.17) is 0 Å². The fourth-order valence-electron chi connectivity index (χ4n) is 2.81. The lowest BCUT2D eigenvalue weighted by Crippen LogP contribution is -2.53. The Morgan fingerprint density at radius 2 is 1.36 bits per heavy atom. The predicted molar refractivity (Wildman–Crippen MR) is 102 cm³/mol. The van der Waals surface area contributed by atoms with Gasteiger partial charge in [0.2, 0.25) is 11.8 Å². The van der Waals surface area contributed by atoms with Crippen LogP contribution in [0, 0.1) is 5.41 Å². The summed E-state index contributed by atoms with van der Waals surface area (Å²) in [6.45, 7) is 18.2. The summed E-state index contributed by atoms with van der Waals surface area (Å²) < 4.78 is 0. The third-order valence-corrected chi connectivity index (χ3v) is 4.65. The molecule has 1 heterocycles. The van der Waals surface area contributed by atoms with Gasteiger partial charge in [0.25, 0.3) is 0 Å². The molecule has 2 amide bonds. The molecule has 0 spiro atoms. The summed E-state index contributed by atoms with van der Waals surface area (Å²) >= 11 is 0. The molecule has 6 heteroatoms. The molecule has 1 aliphatic heterocycles. The zero-order valence-electron chi connectivity index (χ0n) is 17.1. The van der Waals surface area contributed by atoms with Crippen LogP contribution in [0.5, 0.6) is 0 Å². The number of amides is 2. The lowest BCUT2D eigenvalue weighted by Gasteiger charge is -2.42. The van der Waals surface area contributed by atoms with Gasteiger partial charge in [0.05, 0.1) is 6.67 Å². The topological polar surface area (TPSA) is 64.7 Å². The maximum atomic E-state index is 11.9. The van der Waals surface area contributed by atoms with Crippen LogP contribution in [0.4, 0.5) is 0 Å². The summed E-state index contributed by atoms with van der Waals surface area (Å²) in [5, 5.41) is 5.53. The van der Waals surface area contributed by atoms with Crippen molar-refractivity contribution in [2.75, 3.05) is 39.4 Å². The number of nitrogens with zero attached hydrogens (tertiary/aromatic N) is 2. The van der Waals surface area contributed by atoms with Gasteiger partial charge in [-0.25, -0.2) is 0 Å². The Bertz CT molecular complexity index is 430. The molecule has 0 aromatic rings. The van der Waals surface area contributed by atoms with Crippen LogP contribution in [0.1, 0.15) is 60.8 Å². The zero-order chi connectivity index (χ0) is 19.1. The third kappa shape index (κ3) is 9.80. The summed E-state index contributed by atoms with van der Waals surface area (Å²) in [6, 6.07) is 0. The second-order valence-corrected chi connectivity index (χ2v) is 9.19. The van der Waals surface area contributed by atoms with Crippen molar-refractivity contribution in [1.29, 1.82) is 0 Å². The van der Waals surface area contributed by atoms with E-state index in [-0.39, 0.29) is 29.4 Å². The molecule has 1 fully saturated rings. The van der Waals surface area contributed by atoms with Crippen molar-refractivity contribution in [1.82, 2.24) is 20.4 Å². The number of carbonyl (C=O) groups is 2. The molecule has 0 bridgehead atoms. The zero-order valence-corrected chi connectivity index (χ0v) is 17.1. The summed E-state index contributed by atoms with van der Waals surface area (Å²) in [6.07, 6.45) is 1.82.